The zero-order valence-electron chi connectivity index (χ0n) is 10.5. The SMILES string of the molecule is Cc1nn(C)cc1-c1cc2nc(Cl)ccc2[n+]([O-])c1. The monoisotopic (exact) mass is 274 g/mol. The van der Waals surface area contributed by atoms with Crippen LogP contribution >= 0.6 is 11.6 Å². The van der Waals surface area contributed by atoms with E-state index in [4.69, 9.17) is 11.6 Å². The van der Waals surface area contributed by atoms with Crippen LogP contribution in [0.4, 0.5) is 0 Å². The molecule has 5 nitrogen and oxygen atoms in total. The molecule has 0 saturated carbocycles. The van der Waals surface area contributed by atoms with Gasteiger partial charge in [-0.3, -0.25) is 4.68 Å². The van der Waals surface area contributed by atoms with Gasteiger partial charge in [0.2, 0.25) is 5.52 Å². The quantitative estimate of drug-likeness (QED) is 0.388. The molecule has 3 aromatic heterocycles. The zero-order valence-corrected chi connectivity index (χ0v) is 11.2. The molecule has 0 spiro atoms. The molecule has 0 aliphatic rings. The van der Waals surface area contributed by atoms with Crippen molar-refractivity contribution in [2.24, 2.45) is 7.05 Å². The van der Waals surface area contributed by atoms with Crippen LogP contribution < -0.4 is 4.73 Å². The summed E-state index contributed by atoms with van der Waals surface area (Å²) in [5, 5.41) is 16.7. The molecule has 0 aliphatic carbocycles. The van der Waals surface area contributed by atoms with Crippen LogP contribution in [-0.2, 0) is 7.05 Å². The molecule has 0 bridgehead atoms. The number of aryl methyl sites for hydroxylation is 2. The first kappa shape index (κ1) is 11.9. The van der Waals surface area contributed by atoms with E-state index in [0.717, 1.165) is 21.6 Å². The molecule has 6 heteroatoms. The van der Waals surface area contributed by atoms with Crippen molar-refractivity contribution in [3.05, 3.63) is 46.6 Å². The van der Waals surface area contributed by atoms with Crippen LogP contribution in [0.5, 0.6) is 0 Å². The molecule has 0 N–H and O–H groups in total. The molecular formula is C13H11ClN4O. The molecule has 3 rings (SSSR count). The predicted molar refractivity (Wildman–Crippen MR) is 72.7 cm³/mol. The predicted octanol–water partition coefficient (Wildman–Crippen LogP) is 2.23. The Balaban J connectivity index is 2.28. The second-order valence-corrected chi connectivity index (χ2v) is 4.78. The fourth-order valence-electron chi connectivity index (χ4n) is 2.15. The summed E-state index contributed by atoms with van der Waals surface area (Å²) >= 11 is 5.87. The summed E-state index contributed by atoms with van der Waals surface area (Å²) < 4.78 is 2.52. The van der Waals surface area contributed by atoms with E-state index >= 15 is 0 Å². The highest BCUT2D eigenvalue weighted by molar-refractivity contribution is 6.29. The molecular weight excluding hydrogens is 264 g/mol. The second kappa shape index (κ2) is 4.20. The molecule has 96 valence electrons. The van der Waals surface area contributed by atoms with Crippen LogP contribution in [0.3, 0.4) is 0 Å². The molecule has 0 atom stereocenters. The van der Waals surface area contributed by atoms with E-state index in [2.05, 4.69) is 10.1 Å². The van der Waals surface area contributed by atoms with Gasteiger partial charge in [0.25, 0.3) is 0 Å². The van der Waals surface area contributed by atoms with E-state index in [-0.39, 0.29) is 0 Å². The zero-order chi connectivity index (χ0) is 13.6. The van der Waals surface area contributed by atoms with Crippen molar-refractivity contribution in [1.82, 2.24) is 14.8 Å². The van der Waals surface area contributed by atoms with Gasteiger partial charge in [0.05, 0.1) is 11.3 Å². The van der Waals surface area contributed by atoms with Gasteiger partial charge >= 0.3 is 0 Å². The molecule has 0 aliphatic heterocycles. The molecule has 0 saturated heterocycles. The Morgan fingerprint density at radius 3 is 2.84 bits per heavy atom. The third-order valence-electron chi connectivity index (χ3n) is 2.98. The van der Waals surface area contributed by atoms with Crippen molar-refractivity contribution in [2.45, 2.75) is 6.92 Å². The Morgan fingerprint density at radius 2 is 2.16 bits per heavy atom. The van der Waals surface area contributed by atoms with Crippen LogP contribution in [-0.4, -0.2) is 14.8 Å². The maximum Gasteiger partial charge on any atom is 0.242 e. The van der Waals surface area contributed by atoms with Crippen LogP contribution in [0.15, 0.2) is 30.6 Å². The third kappa shape index (κ3) is 2.02. The number of hydrogen-bond acceptors (Lipinski definition) is 3. The first-order chi connectivity index (χ1) is 9.04. The van der Waals surface area contributed by atoms with Crippen LogP contribution in [0.1, 0.15) is 5.69 Å². The Morgan fingerprint density at radius 1 is 1.37 bits per heavy atom. The van der Waals surface area contributed by atoms with Gasteiger partial charge in [0, 0.05) is 24.9 Å². The number of pyridine rings is 2. The van der Waals surface area contributed by atoms with Gasteiger partial charge in [-0.05, 0) is 19.1 Å². The molecule has 3 heterocycles. The largest absolute Gasteiger partial charge is 0.618 e. The highest BCUT2D eigenvalue weighted by Gasteiger charge is 2.13. The minimum absolute atomic E-state index is 0.368. The van der Waals surface area contributed by atoms with Crippen molar-refractivity contribution in [1.29, 1.82) is 0 Å². The molecule has 0 fully saturated rings. The Labute approximate surface area is 114 Å². The molecule has 0 aromatic carbocycles. The average molecular weight is 275 g/mol. The van der Waals surface area contributed by atoms with E-state index in [1.54, 1.807) is 16.8 Å². The van der Waals surface area contributed by atoms with Crippen molar-refractivity contribution in [2.75, 3.05) is 0 Å². The van der Waals surface area contributed by atoms with Crippen LogP contribution in [0, 0.1) is 12.1 Å². The summed E-state index contributed by atoms with van der Waals surface area (Å²) in [6, 6.07) is 5.12. The number of fused-ring (bicyclic) bond motifs is 1. The Hall–Kier alpha value is -2.14. The summed E-state index contributed by atoms with van der Waals surface area (Å²) in [6.07, 6.45) is 3.41. The van der Waals surface area contributed by atoms with Crippen LogP contribution in [0.2, 0.25) is 5.15 Å². The van der Waals surface area contributed by atoms with Crippen molar-refractivity contribution in [3.63, 3.8) is 0 Å². The summed E-state index contributed by atoms with van der Waals surface area (Å²) in [6.45, 7) is 1.90. The lowest BCUT2D eigenvalue weighted by molar-refractivity contribution is -0.576. The molecule has 3 aromatic rings. The van der Waals surface area contributed by atoms with Crippen LogP contribution in [0.25, 0.3) is 22.2 Å². The van der Waals surface area contributed by atoms with Crippen molar-refractivity contribution < 1.29 is 4.73 Å². The van der Waals surface area contributed by atoms with E-state index in [1.807, 2.05) is 26.2 Å². The summed E-state index contributed by atoms with van der Waals surface area (Å²) in [4.78, 5) is 4.18. The molecule has 0 amide bonds. The van der Waals surface area contributed by atoms with Crippen molar-refractivity contribution >= 4 is 22.6 Å². The lowest BCUT2D eigenvalue weighted by Gasteiger charge is -2.04. The smallest absolute Gasteiger partial charge is 0.242 e. The van der Waals surface area contributed by atoms with Gasteiger partial charge in [0.15, 0.2) is 6.20 Å². The maximum atomic E-state index is 12.0. The Bertz CT molecular complexity index is 782. The first-order valence-corrected chi connectivity index (χ1v) is 6.12. The lowest BCUT2D eigenvalue weighted by Crippen LogP contribution is -2.26. The number of nitrogens with zero attached hydrogens (tertiary/aromatic N) is 4. The number of rotatable bonds is 1. The van der Waals surface area contributed by atoms with Gasteiger partial charge in [-0.15, -0.1) is 0 Å². The van der Waals surface area contributed by atoms with E-state index in [9.17, 15) is 5.21 Å². The molecule has 19 heavy (non-hydrogen) atoms. The molecule has 0 radical (unpaired) electrons. The second-order valence-electron chi connectivity index (χ2n) is 4.39. The van der Waals surface area contributed by atoms with Gasteiger partial charge in [0.1, 0.15) is 10.7 Å². The normalized spacial score (nSPS) is 11.1. The maximum absolute atomic E-state index is 12.0. The minimum Gasteiger partial charge on any atom is -0.618 e. The van der Waals surface area contributed by atoms with Gasteiger partial charge in [-0.25, -0.2) is 4.98 Å². The van der Waals surface area contributed by atoms with Gasteiger partial charge in [-0.2, -0.15) is 9.83 Å². The standard InChI is InChI=1S/C13H11ClN4O/c1-8-10(7-17(2)16-8)9-5-11-12(18(19)6-9)3-4-13(14)15-11/h3-7H,1-2H3. The lowest BCUT2D eigenvalue weighted by atomic mass is 10.1. The van der Waals surface area contributed by atoms with Gasteiger partial charge in [-0.1, -0.05) is 11.6 Å². The van der Waals surface area contributed by atoms with E-state index in [0.29, 0.717) is 16.2 Å². The third-order valence-corrected chi connectivity index (χ3v) is 3.19. The Kier molecular flexibility index (Phi) is 2.64. The van der Waals surface area contributed by atoms with Crippen molar-refractivity contribution in [3.8, 4) is 11.1 Å². The summed E-state index contributed by atoms with van der Waals surface area (Å²) in [5.74, 6) is 0. The minimum atomic E-state index is 0.368. The highest BCUT2D eigenvalue weighted by Crippen LogP contribution is 2.24. The summed E-state index contributed by atoms with van der Waals surface area (Å²) in [7, 11) is 1.85. The van der Waals surface area contributed by atoms with Gasteiger partial charge < -0.3 is 5.21 Å². The number of hydrogen-bond donors (Lipinski definition) is 0. The molecule has 0 unspecified atom stereocenters. The number of aromatic nitrogens is 4. The van der Waals surface area contributed by atoms with E-state index in [1.165, 1.54) is 6.20 Å². The average Bonchev–Trinajstić information content (AvgIpc) is 2.67. The fourth-order valence-corrected chi connectivity index (χ4v) is 2.30. The highest BCUT2D eigenvalue weighted by atomic mass is 35.5. The fraction of sp³-hybridized carbons (Fsp3) is 0.154. The first-order valence-electron chi connectivity index (χ1n) is 5.74. The van der Waals surface area contributed by atoms with E-state index < -0.39 is 0 Å². The summed E-state index contributed by atoms with van der Waals surface area (Å²) in [5.41, 5.74) is 3.63. The number of halogens is 1. The topological polar surface area (TPSA) is 57.7 Å².